The Morgan fingerprint density at radius 3 is 2.69 bits per heavy atom. The summed E-state index contributed by atoms with van der Waals surface area (Å²) < 4.78 is 7.05. The van der Waals surface area contributed by atoms with E-state index < -0.39 is 11.7 Å². The molecule has 188 valence electrons. The standard InChI is InChI=1S/C24H27N7O4S/c1-24(2,3)35-23(34)27-22-25-13-17(36-22)20(32)26-18-12-19-30(9-10-31(19)28-18)15-5-6-16-14(11-15)7-8-29(4)21(16)33/h5-6,11-13H,7-10H2,1-4H3,(H,25,27,34)(H,26,28,32). The zero-order chi connectivity index (χ0) is 25.6. The van der Waals surface area contributed by atoms with Crippen molar-refractivity contribution in [2.24, 2.45) is 0 Å². The number of anilines is 4. The Morgan fingerprint density at radius 1 is 1.11 bits per heavy atom. The second-order valence-corrected chi connectivity index (χ2v) is 10.7. The summed E-state index contributed by atoms with van der Waals surface area (Å²) in [6.45, 7) is 7.42. The Bertz CT molecular complexity index is 1360. The SMILES string of the molecule is CN1CCc2cc(N3CCn4nc(NC(=O)c5cnc(NC(=O)OC(C)(C)C)s5)cc43)ccc2C1=O. The first-order valence-corrected chi connectivity index (χ1v) is 12.4. The van der Waals surface area contributed by atoms with Crippen LogP contribution in [0.2, 0.25) is 0 Å². The average Bonchev–Trinajstić information content (AvgIpc) is 3.51. The summed E-state index contributed by atoms with van der Waals surface area (Å²) in [5.74, 6) is 0.960. The van der Waals surface area contributed by atoms with Crippen molar-refractivity contribution in [3.05, 3.63) is 46.5 Å². The number of aromatic nitrogens is 3. The van der Waals surface area contributed by atoms with Crippen molar-refractivity contribution in [3.63, 3.8) is 0 Å². The van der Waals surface area contributed by atoms with Gasteiger partial charge < -0.3 is 19.9 Å². The topological polar surface area (TPSA) is 122 Å². The number of rotatable bonds is 4. The third-order valence-electron chi connectivity index (χ3n) is 5.84. The van der Waals surface area contributed by atoms with Crippen LogP contribution in [0.25, 0.3) is 0 Å². The minimum absolute atomic E-state index is 0.0479. The number of nitrogens with zero attached hydrogens (tertiary/aromatic N) is 5. The van der Waals surface area contributed by atoms with Crippen LogP contribution < -0.4 is 15.5 Å². The lowest BCUT2D eigenvalue weighted by atomic mass is 9.98. The summed E-state index contributed by atoms with van der Waals surface area (Å²) >= 11 is 1.05. The van der Waals surface area contributed by atoms with E-state index in [-0.39, 0.29) is 16.9 Å². The van der Waals surface area contributed by atoms with Gasteiger partial charge in [0.1, 0.15) is 16.3 Å². The van der Waals surface area contributed by atoms with E-state index in [9.17, 15) is 14.4 Å². The lowest BCUT2D eigenvalue weighted by Gasteiger charge is -2.26. The maximum Gasteiger partial charge on any atom is 0.413 e. The summed E-state index contributed by atoms with van der Waals surface area (Å²) in [5, 5.41) is 10.1. The maximum atomic E-state index is 12.8. The molecule has 2 aromatic heterocycles. The van der Waals surface area contributed by atoms with Crippen molar-refractivity contribution >= 4 is 51.7 Å². The van der Waals surface area contributed by atoms with Crippen LogP contribution in [-0.2, 0) is 17.7 Å². The lowest BCUT2D eigenvalue weighted by Crippen LogP contribution is -2.34. The largest absolute Gasteiger partial charge is 0.444 e. The Hall–Kier alpha value is -3.93. The Morgan fingerprint density at radius 2 is 1.92 bits per heavy atom. The van der Waals surface area contributed by atoms with Crippen LogP contribution in [-0.4, -0.2) is 63.3 Å². The van der Waals surface area contributed by atoms with Crippen molar-refractivity contribution in [2.45, 2.75) is 39.3 Å². The van der Waals surface area contributed by atoms with Crippen LogP contribution in [0.5, 0.6) is 0 Å². The molecule has 4 heterocycles. The van der Waals surface area contributed by atoms with Crippen LogP contribution in [0.4, 0.5) is 27.2 Å². The molecule has 0 atom stereocenters. The predicted molar refractivity (Wildman–Crippen MR) is 136 cm³/mol. The normalized spacial score (nSPS) is 14.9. The molecule has 2 aliphatic rings. The van der Waals surface area contributed by atoms with E-state index in [2.05, 4.69) is 31.7 Å². The van der Waals surface area contributed by atoms with Crippen LogP contribution in [0.1, 0.15) is 46.4 Å². The highest BCUT2D eigenvalue weighted by atomic mass is 32.1. The Balaban J connectivity index is 1.27. The minimum atomic E-state index is -0.635. The number of carbonyl (C=O) groups is 3. The molecule has 0 unspecified atom stereocenters. The summed E-state index contributed by atoms with van der Waals surface area (Å²) in [6.07, 6.45) is 1.58. The fourth-order valence-corrected chi connectivity index (χ4v) is 4.88. The highest BCUT2D eigenvalue weighted by Gasteiger charge is 2.27. The molecule has 2 aliphatic heterocycles. The molecule has 0 saturated carbocycles. The zero-order valence-corrected chi connectivity index (χ0v) is 21.3. The van der Waals surface area contributed by atoms with Gasteiger partial charge in [0.15, 0.2) is 10.9 Å². The number of hydrogen-bond acceptors (Lipinski definition) is 8. The first-order chi connectivity index (χ1) is 17.1. The fourth-order valence-electron chi connectivity index (χ4n) is 4.19. The number of nitrogens with one attached hydrogen (secondary N) is 2. The van der Waals surface area contributed by atoms with Crippen LogP contribution in [0.15, 0.2) is 30.5 Å². The van der Waals surface area contributed by atoms with Gasteiger partial charge in [0, 0.05) is 37.5 Å². The molecule has 0 aliphatic carbocycles. The number of benzene rings is 1. The van der Waals surface area contributed by atoms with Crippen LogP contribution in [0, 0.1) is 0 Å². The minimum Gasteiger partial charge on any atom is -0.444 e. The summed E-state index contributed by atoms with van der Waals surface area (Å²) in [7, 11) is 1.82. The molecule has 0 fully saturated rings. The monoisotopic (exact) mass is 509 g/mol. The quantitative estimate of drug-likeness (QED) is 0.550. The second-order valence-electron chi connectivity index (χ2n) is 9.69. The van der Waals surface area contributed by atoms with Gasteiger partial charge >= 0.3 is 6.09 Å². The molecule has 1 aromatic carbocycles. The smallest absolute Gasteiger partial charge is 0.413 e. The van der Waals surface area contributed by atoms with Crippen molar-refractivity contribution in [2.75, 3.05) is 35.7 Å². The van der Waals surface area contributed by atoms with Gasteiger partial charge in [-0.25, -0.2) is 14.5 Å². The molecule has 3 aromatic rings. The molecule has 3 amide bonds. The van der Waals surface area contributed by atoms with Gasteiger partial charge in [0.2, 0.25) is 0 Å². The zero-order valence-electron chi connectivity index (χ0n) is 20.5. The summed E-state index contributed by atoms with van der Waals surface area (Å²) in [6, 6.07) is 7.73. The van der Waals surface area contributed by atoms with Gasteiger partial charge in [-0.3, -0.25) is 14.9 Å². The van der Waals surface area contributed by atoms with E-state index in [1.807, 2.05) is 29.9 Å². The molecular weight excluding hydrogens is 482 g/mol. The molecule has 36 heavy (non-hydrogen) atoms. The van der Waals surface area contributed by atoms with Crippen molar-refractivity contribution < 1.29 is 19.1 Å². The highest BCUT2D eigenvalue weighted by molar-refractivity contribution is 7.17. The van der Waals surface area contributed by atoms with Crippen LogP contribution >= 0.6 is 11.3 Å². The third kappa shape index (κ3) is 4.76. The summed E-state index contributed by atoms with van der Waals surface area (Å²) in [5.41, 5.74) is 2.15. The van der Waals surface area contributed by atoms with Gasteiger partial charge in [-0.1, -0.05) is 11.3 Å². The molecule has 5 rings (SSSR count). The number of ether oxygens (including phenoxy) is 1. The third-order valence-corrected chi connectivity index (χ3v) is 6.76. The van der Waals surface area contributed by atoms with Crippen molar-refractivity contribution in [1.29, 1.82) is 0 Å². The number of amides is 3. The first-order valence-electron chi connectivity index (χ1n) is 11.6. The van der Waals surface area contributed by atoms with E-state index in [0.29, 0.717) is 23.8 Å². The van der Waals surface area contributed by atoms with Crippen molar-refractivity contribution in [3.8, 4) is 0 Å². The number of hydrogen-bond donors (Lipinski definition) is 2. The molecule has 0 bridgehead atoms. The van der Waals surface area contributed by atoms with Gasteiger partial charge in [-0.15, -0.1) is 0 Å². The lowest BCUT2D eigenvalue weighted by molar-refractivity contribution is 0.0635. The molecule has 11 nitrogen and oxygen atoms in total. The van der Waals surface area contributed by atoms with E-state index in [0.717, 1.165) is 46.9 Å². The average molecular weight is 510 g/mol. The van der Waals surface area contributed by atoms with Gasteiger partial charge in [-0.2, -0.15) is 5.10 Å². The van der Waals surface area contributed by atoms with E-state index in [1.54, 1.807) is 25.7 Å². The maximum absolute atomic E-state index is 12.8. The first kappa shape index (κ1) is 23.8. The molecular formula is C24H27N7O4S. The molecule has 2 N–H and O–H groups in total. The van der Waals surface area contributed by atoms with Gasteiger partial charge in [-0.05, 0) is 51.0 Å². The molecule has 0 saturated heterocycles. The fraction of sp³-hybridized carbons (Fsp3) is 0.375. The van der Waals surface area contributed by atoms with E-state index in [4.69, 9.17) is 4.74 Å². The molecule has 0 spiro atoms. The van der Waals surface area contributed by atoms with Gasteiger partial charge in [0.25, 0.3) is 11.8 Å². The molecule has 0 radical (unpaired) electrons. The molecule has 12 heteroatoms. The van der Waals surface area contributed by atoms with E-state index in [1.165, 1.54) is 6.20 Å². The van der Waals surface area contributed by atoms with E-state index >= 15 is 0 Å². The number of carbonyl (C=O) groups excluding carboxylic acids is 3. The van der Waals surface area contributed by atoms with Crippen molar-refractivity contribution in [1.82, 2.24) is 19.7 Å². The Kier molecular flexibility index (Phi) is 5.91. The second kappa shape index (κ2) is 8.94. The highest BCUT2D eigenvalue weighted by Crippen LogP contribution is 2.34. The summed E-state index contributed by atoms with van der Waals surface area (Å²) in [4.78, 5) is 45.4. The predicted octanol–water partition coefficient (Wildman–Crippen LogP) is 3.72. The number of likely N-dealkylation sites (N-methyl/N-ethyl adjacent to an activating group) is 1. The Labute approximate surface area is 212 Å². The van der Waals surface area contributed by atoms with Gasteiger partial charge in [0.05, 0.1) is 12.7 Å². The number of fused-ring (bicyclic) bond motifs is 2. The van der Waals surface area contributed by atoms with Crippen LogP contribution in [0.3, 0.4) is 0 Å². The number of thiazole rings is 1.